The third-order valence-electron chi connectivity index (χ3n) is 6.68. The number of rotatable bonds is 6. The number of carbonyl (C=O) groups is 1. The molecular weight excluding hydrogens is 446 g/mol. The monoisotopic (exact) mass is 477 g/mol. The molecule has 3 atom stereocenters. The highest BCUT2D eigenvalue weighted by molar-refractivity contribution is 7.92. The third kappa shape index (κ3) is 5.65. The summed E-state index contributed by atoms with van der Waals surface area (Å²) >= 11 is 0. The molecule has 0 spiro atoms. The molecule has 0 bridgehead atoms. The second-order valence-corrected chi connectivity index (χ2v) is 11.4. The van der Waals surface area contributed by atoms with Crippen molar-refractivity contribution >= 4 is 21.6 Å². The van der Waals surface area contributed by atoms with Gasteiger partial charge in [0.05, 0.1) is 10.1 Å². The predicted octanol–water partition coefficient (Wildman–Crippen LogP) is 5.46. The Hall–Kier alpha value is -3.19. The summed E-state index contributed by atoms with van der Waals surface area (Å²) in [6.45, 7) is 4.59. The number of pyridine rings is 1. The molecule has 2 unspecified atom stereocenters. The summed E-state index contributed by atoms with van der Waals surface area (Å²) in [5.41, 5.74) is 3.97. The number of aryl methyl sites for hydroxylation is 1. The Bertz CT molecular complexity index is 1210. The highest BCUT2D eigenvalue weighted by Crippen LogP contribution is 2.41. The van der Waals surface area contributed by atoms with E-state index in [2.05, 4.69) is 53.7 Å². The standard InChI is InChI=1S/C27H31N3O3S/c1-19-5-7-22(8-6-19)26-14-13-25(16-20(26)2)34(32,33)24-11-9-23(10-12-24)30-27(31)29-18-21-4-3-15-28-17-21/h3-12,15,17,20,25-26H,13-14,16,18H2,1-2H3,(H2,29,30,31)/t20-,25?,26?/m0/s1. The van der Waals surface area contributed by atoms with Gasteiger partial charge in [0.1, 0.15) is 0 Å². The second kappa shape index (κ2) is 10.4. The fourth-order valence-electron chi connectivity index (χ4n) is 4.72. The van der Waals surface area contributed by atoms with Crippen LogP contribution in [-0.2, 0) is 16.4 Å². The van der Waals surface area contributed by atoms with Gasteiger partial charge in [0.25, 0.3) is 0 Å². The molecule has 1 saturated carbocycles. The van der Waals surface area contributed by atoms with Crippen LogP contribution in [0.5, 0.6) is 0 Å². The average molecular weight is 478 g/mol. The third-order valence-corrected chi connectivity index (χ3v) is 8.92. The average Bonchev–Trinajstić information content (AvgIpc) is 2.84. The highest BCUT2D eigenvalue weighted by atomic mass is 32.2. The SMILES string of the molecule is Cc1ccc(C2CCC(S(=O)(=O)c3ccc(NC(=O)NCc4cccnc4)cc3)C[C@@H]2C)cc1. The van der Waals surface area contributed by atoms with Gasteiger partial charge in [-0.3, -0.25) is 4.98 Å². The van der Waals surface area contributed by atoms with E-state index < -0.39 is 9.84 Å². The van der Waals surface area contributed by atoms with Crippen molar-refractivity contribution in [1.82, 2.24) is 10.3 Å². The maximum Gasteiger partial charge on any atom is 0.319 e. The lowest BCUT2D eigenvalue weighted by molar-refractivity contribution is 0.251. The number of urea groups is 1. The van der Waals surface area contributed by atoms with E-state index in [1.807, 2.05) is 12.1 Å². The van der Waals surface area contributed by atoms with Crippen molar-refractivity contribution < 1.29 is 13.2 Å². The second-order valence-electron chi connectivity index (χ2n) is 9.17. The quantitative estimate of drug-likeness (QED) is 0.494. The van der Waals surface area contributed by atoms with Gasteiger partial charge in [-0.25, -0.2) is 13.2 Å². The number of nitrogens with zero attached hydrogens (tertiary/aromatic N) is 1. The lowest BCUT2D eigenvalue weighted by Crippen LogP contribution is -2.31. The van der Waals surface area contributed by atoms with Gasteiger partial charge in [0, 0.05) is 24.6 Å². The summed E-state index contributed by atoms with van der Waals surface area (Å²) in [6, 6.07) is 18.4. The molecule has 1 aromatic heterocycles. The Morgan fingerprint density at radius 3 is 2.41 bits per heavy atom. The summed E-state index contributed by atoms with van der Waals surface area (Å²) in [5, 5.41) is 5.12. The number of sulfone groups is 1. The first kappa shape index (κ1) is 24.0. The smallest absolute Gasteiger partial charge is 0.319 e. The van der Waals surface area contributed by atoms with E-state index in [9.17, 15) is 13.2 Å². The predicted molar refractivity (Wildman–Crippen MR) is 134 cm³/mol. The van der Waals surface area contributed by atoms with E-state index in [1.54, 1.807) is 36.7 Å². The molecule has 0 saturated heterocycles. The fourth-order valence-corrected chi connectivity index (χ4v) is 6.62. The van der Waals surface area contributed by atoms with Crippen LogP contribution in [0, 0.1) is 12.8 Å². The molecule has 3 aromatic rings. The summed E-state index contributed by atoms with van der Waals surface area (Å²) in [5.74, 6) is 0.685. The van der Waals surface area contributed by atoms with Gasteiger partial charge in [-0.2, -0.15) is 0 Å². The van der Waals surface area contributed by atoms with Gasteiger partial charge in [-0.05, 0) is 79.5 Å². The van der Waals surface area contributed by atoms with Gasteiger partial charge in [-0.1, -0.05) is 42.8 Å². The number of hydrogen-bond donors (Lipinski definition) is 2. The van der Waals surface area contributed by atoms with Crippen LogP contribution in [0.4, 0.5) is 10.5 Å². The van der Waals surface area contributed by atoms with Crippen molar-refractivity contribution in [2.45, 2.75) is 55.7 Å². The molecule has 2 amide bonds. The minimum absolute atomic E-state index is 0.292. The molecule has 7 heteroatoms. The molecule has 1 heterocycles. The molecule has 2 aromatic carbocycles. The summed E-state index contributed by atoms with van der Waals surface area (Å²) < 4.78 is 26.6. The van der Waals surface area contributed by atoms with E-state index in [-0.39, 0.29) is 11.3 Å². The zero-order valence-corrected chi connectivity index (χ0v) is 20.4. The van der Waals surface area contributed by atoms with Crippen LogP contribution in [0.15, 0.2) is 78.0 Å². The zero-order valence-electron chi connectivity index (χ0n) is 19.6. The molecule has 0 radical (unpaired) electrons. The molecular formula is C27H31N3O3S. The molecule has 0 aliphatic heterocycles. The molecule has 178 valence electrons. The van der Waals surface area contributed by atoms with Crippen LogP contribution in [0.25, 0.3) is 0 Å². The van der Waals surface area contributed by atoms with E-state index in [0.29, 0.717) is 41.8 Å². The Labute approximate surface area is 201 Å². The lowest BCUT2D eigenvalue weighted by atomic mass is 9.76. The van der Waals surface area contributed by atoms with Crippen molar-refractivity contribution in [2.24, 2.45) is 5.92 Å². The van der Waals surface area contributed by atoms with Crippen molar-refractivity contribution in [3.8, 4) is 0 Å². The molecule has 34 heavy (non-hydrogen) atoms. The van der Waals surface area contributed by atoms with Crippen LogP contribution in [-0.4, -0.2) is 24.7 Å². The van der Waals surface area contributed by atoms with E-state index >= 15 is 0 Å². The van der Waals surface area contributed by atoms with Gasteiger partial charge in [0.2, 0.25) is 0 Å². The lowest BCUT2D eigenvalue weighted by Gasteiger charge is -2.34. The molecule has 1 fully saturated rings. The van der Waals surface area contributed by atoms with Crippen molar-refractivity contribution in [1.29, 1.82) is 0 Å². The minimum Gasteiger partial charge on any atom is -0.334 e. The number of aromatic nitrogens is 1. The first-order valence-corrected chi connectivity index (χ1v) is 13.2. The zero-order chi connectivity index (χ0) is 24.1. The maximum absolute atomic E-state index is 13.3. The maximum atomic E-state index is 13.3. The van der Waals surface area contributed by atoms with Crippen LogP contribution < -0.4 is 10.6 Å². The summed E-state index contributed by atoms with van der Waals surface area (Å²) in [4.78, 5) is 16.5. The largest absolute Gasteiger partial charge is 0.334 e. The van der Waals surface area contributed by atoms with Crippen molar-refractivity contribution in [3.05, 3.63) is 89.7 Å². The number of anilines is 1. The van der Waals surface area contributed by atoms with Crippen LogP contribution >= 0.6 is 0 Å². The summed E-state index contributed by atoms with van der Waals surface area (Å²) in [7, 11) is -3.43. The van der Waals surface area contributed by atoms with Gasteiger partial charge in [-0.15, -0.1) is 0 Å². The molecule has 1 aliphatic rings. The molecule has 1 aliphatic carbocycles. The summed E-state index contributed by atoms with van der Waals surface area (Å²) in [6.07, 6.45) is 5.54. The Morgan fingerprint density at radius 1 is 1.03 bits per heavy atom. The normalized spacial score (nSPS) is 20.5. The number of benzene rings is 2. The van der Waals surface area contributed by atoms with Crippen LogP contribution in [0.2, 0.25) is 0 Å². The van der Waals surface area contributed by atoms with E-state index in [0.717, 1.165) is 12.0 Å². The number of amides is 2. The van der Waals surface area contributed by atoms with Crippen LogP contribution in [0.3, 0.4) is 0 Å². The van der Waals surface area contributed by atoms with Gasteiger partial charge < -0.3 is 10.6 Å². The Morgan fingerprint density at radius 2 is 1.76 bits per heavy atom. The number of carbonyl (C=O) groups excluding carboxylic acids is 1. The van der Waals surface area contributed by atoms with Gasteiger partial charge in [0.15, 0.2) is 9.84 Å². The van der Waals surface area contributed by atoms with Crippen molar-refractivity contribution in [2.75, 3.05) is 5.32 Å². The minimum atomic E-state index is -3.43. The fraction of sp³-hybridized carbons (Fsp3) is 0.333. The van der Waals surface area contributed by atoms with Crippen molar-refractivity contribution in [3.63, 3.8) is 0 Å². The van der Waals surface area contributed by atoms with E-state index in [4.69, 9.17) is 0 Å². The Kier molecular flexibility index (Phi) is 7.32. The number of hydrogen-bond acceptors (Lipinski definition) is 4. The molecule has 2 N–H and O–H groups in total. The topological polar surface area (TPSA) is 88.2 Å². The Balaban J connectivity index is 1.35. The number of nitrogens with one attached hydrogen (secondary N) is 2. The molecule has 4 rings (SSSR count). The first-order chi connectivity index (χ1) is 16.3. The first-order valence-electron chi connectivity index (χ1n) is 11.7. The van der Waals surface area contributed by atoms with Crippen LogP contribution in [0.1, 0.15) is 48.8 Å². The van der Waals surface area contributed by atoms with Gasteiger partial charge >= 0.3 is 6.03 Å². The highest BCUT2D eigenvalue weighted by Gasteiger charge is 2.36. The molecule has 6 nitrogen and oxygen atoms in total. The van der Waals surface area contributed by atoms with E-state index in [1.165, 1.54) is 11.1 Å².